The lowest BCUT2D eigenvalue weighted by molar-refractivity contribution is 0.0718. The lowest BCUT2D eigenvalue weighted by Gasteiger charge is -2.15. The standard InChI is InChI=1S/C7H12N2O2Si/c1-12(2,3)11-7(10)6-4-5-8-9-6/h4-5H,1-3H3,(H,8,9). The molecule has 0 spiro atoms. The number of hydrogen-bond acceptors (Lipinski definition) is 3. The average molecular weight is 184 g/mol. The molecule has 1 N–H and O–H groups in total. The van der Waals surface area contributed by atoms with Crippen LogP contribution in [0.25, 0.3) is 0 Å². The highest BCUT2D eigenvalue weighted by atomic mass is 28.4. The summed E-state index contributed by atoms with van der Waals surface area (Å²) in [5.41, 5.74) is 0.414. The quantitative estimate of drug-likeness (QED) is 0.707. The van der Waals surface area contributed by atoms with Gasteiger partial charge in [0.1, 0.15) is 5.69 Å². The number of aromatic amines is 1. The molecule has 12 heavy (non-hydrogen) atoms. The number of carbonyl (C=O) groups excluding carboxylic acids is 1. The molecule has 0 fully saturated rings. The van der Waals surface area contributed by atoms with E-state index in [-0.39, 0.29) is 5.97 Å². The van der Waals surface area contributed by atoms with Gasteiger partial charge in [0.25, 0.3) is 0 Å². The van der Waals surface area contributed by atoms with Crippen LogP contribution in [0.5, 0.6) is 0 Å². The molecule has 4 nitrogen and oxygen atoms in total. The molecule has 0 aliphatic carbocycles. The first-order valence-electron chi connectivity index (χ1n) is 3.72. The normalized spacial score (nSPS) is 11.2. The average Bonchev–Trinajstić information content (AvgIpc) is 2.32. The lowest BCUT2D eigenvalue weighted by Crippen LogP contribution is -2.29. The predicted molar refractivity (Wildman–Crippen MR) is 47.3 cm³/mol. The largest absolute Gasteiger partial charge is 0.515 e. The van der Waals surface area contributed by atoms with Gasteiger partial charge >= 0.3 is 5.97 Å². The summed E-state index contributed by atoms with van der Waals surface area (Å²) in [4.78, 5) is 11.3. The second kappa shape index (κ2) is 3.10. The summed E-state index contributed by atoms with van der Waals surface area (Å²) < 4.78 is 5.21. The minimum Gasteiger partial charge on any atom is -0.515 e. The van der Waals surface area contributed by atoms with E-state index < -0.39 is 8.32 Å². The Morgan fingerprint density at radius 1 is 1.58 bits per heavy atom. The highest BCUT2D eigenvalue weighted by molar-refractivity contribution is 6.71. The molecule has 1 aromatic heterocycles. The molecule has 0 bridgehead atoms. The minimum absolute atomic E-state index is 0.313. The van der Waals surface area contributed by atoms with Crippen molar-refractivity contribution >= 4 is 14.3 Å². The van der Waals surface area contributed by atoms with Crippen molar-refractivity contribution in [1.82, 2.24) is 10.2 Å². The second-order valence-electron chi connectivity index (χ2n) is 3.47. The van der Waals surface area contributed by atoms with Crippen LogP contribution >= 0.6 is 0 Å². The van der Waals surface area contributed by atoms with Crippen molar-refractivity contribution in [2.24, 2.45) is 0 Å². The molecular formula is C7H12N2O2Si. The predicted octanol–water partition coefficient (Wildman–Crippen LogP) is 1.40. The first-order chi connectivity index (χ1) is 5.49. The monoisotopic (exact) mass is 184 g/mol. The van der Waals surface area contributed by atoms with Crippen molar-refractivity contribution in [2.45, 2.75) is 19.6 Å². The first kappa shape index (κ1) is 8.99. The lowest BCUT2D eigenvalue weighted by atomic mass is 10.5. The van der Waals surface area contributed by atoms with E-state index in [2.05, 4.69) is 10.2 Å². The molecular weight excluding hydrogens is 172 g/mol. The second-order valence-corrected chi connectivity index (χ2v) is 7.90. The number of nitrogens with one attached hydrogen (secondary N) is 1. The van der Waals surface area contributed by atoms with E-state index in [9.17, 15) is 4.79 Å². The van der Waals surface area contributed by atoms with Crippen LogP contribution in [0.3, 0.4) is 0 Å². The van der Waals surface area contributed by atoms with Gasteiger partial charge < -0.3 is 4.43 Å². The van der Waals surface area contributed by atoms with E-state index in [1.54, 1.807) is 6.07 Å². The molecule has 0 aliphatic rings. The van der Waals surface area contributed by atoms with Crippen LogP contribution in [0.1, 0.15) is 10.5 Å². The maximum absolute atomic E-state index is 11.3. The zero-order valence-electron chi connectivity index (χ0n) is 7.42. The Hall–Kier alpha value is -1.10. The Morgan fingerprint density at radius 2 is 2.25 bits per heavy atom. The zero-order valence-corrected chi connectivity index (χ0v) is 8.42. The summed E-state index contributed by atoms with van der Waals surface area (Å²) in [6.07, 6.45) is 1.53. The highest BCUT2D eigenvalue weighted by Gasteiger charge is 2.21. The number of hydrogen-bond donors (Lipinski definition) is 1. The Balaban J connectivity index is 2.63. The van der Waals surface area contributed by atoms with Crippen LogP contribution in [0, 0.1) is 0 Å². The van der Waals surface area contributed by atoms with Gasteiger partial charge in [0.2, 0.25) is 8.32 Å². The van der Waals surface area contributed by atoms with E-state index >= 15 is 0 Å². The Labute approximate surface area is 72.1 Å². The molecule has 0 aliphatic heterocycles. The molecule has 5 heteroatoms. The summed E-state index contributed by atoms with van der Waals surface area (Å²) in [7, 11) is -1.77. The van der Waals surface area contributed by atoms with Gasteiger partial charge in [0.15, 0.2) is 0 Å². The molecule has 0 atom stereocenters. The summed E-state index contributed by atoms with van der Waals surface area (Å²) in [6.45, 7) is 5.88. The summed E-state index contributed by atoms with van der Waals surface area (Å²) in [6, 6.07) is 1.60. The third-order valence-electron chi connectivity index (χ3n) is 1.12. The van der Waals surface area contributed by atoms with E-state index in [4.69, 9.17) is 4.43 Å². The summed E-state index contributed by atoms with van der Waals surface area (Å²) >= 11 is 0. The number of H-pyrrole nitrogens is 1. The topological polar surface area (TPSA) is 55.0 Å². The number of aromatic nitrogens is 2. The highest BCUT2D eigenvalue weighted by Crippen LogP contribution is 2.06. The number of rotatable bonds is 2. The summed E-state index contributed by atoms with van der Waals surface area (Å²) in [5.74, 6) is -0.313. The van der Waals surface area contributed by atoms with Gasteiger partial charge in [-0.05, 0) is 25.7 Å². The Kier molecular flexibility index (Phi) is 2.32. The third kappa shape index (κ3) is 2.50. The van der Waals surface area contributed by atoms with Crippen molar-refractivity contribution in [2.75, 3.05) is 0 Å². The van der Waals surface area contributed by atoms with Crippen LogP contribution in [-0.4, -0.2) is 24.5 Å². The zero-order chi connectivity index (χ0) is 9.19. The Morgan fingerprint density at radius 3 is 2.67 bits per heavy atom. The molecule has 1 aromatic rings. The summed E-state index contributed by atoms with van der Waals surface area (Å²) in [5, 5.41) is 6.22. The van der Waals surface area contributed by atoms with Crippen LogP contribution in [0.2, 0.25) is 19.6 Å². The first-order valence-corrected chi connectivity index (χ1v) is 7.12. The van der Waals surface area contributed by atoms with Gasteiger partial charge in [-0.15, -0.1) is 0 Å². The molecule has 1 heterocycles. The molecule has 0 radical (unpaired) electrons. The van der Waals surface area contributed by atoms with Gasteiger partial charge in [0.05, 0.1) is 0 Å². The van der Waals surface area contributed by atoms with Crippen molar-refractivity contribution in [1.29, 1.82) is 0 Å². The smallest absolute Gasteiger partial charge is 0.343 e. The van der Waals surface area contributed by atoms with E-state index in [0.717, 1.165) is 0 Å². The number of carbonyl (C=O) groups is 1. The van der Waals surface area contributed by atoms with Crippen LogP contribution in [0.15, 0.2) is 12.3 Å². The number of nitrogens with zero attached hydrogens (tertiary/aromatic N) is 1. The van der Waals surface area contributed by atoms with Crippen molar-refractivity contribution in [3.05, 3.63) is 18.0 Å². The maximum atomic E-state index is 11.3. The van der Waals surface area contributed by atoms with Crippen molar-refractivity contribution in [3.63, 3.8) is 0 Å². The third-order valence-corrected chi connectivity index (χ3v) is 1.92. The SMILES string of the molecule is C[Si](C)(C)OC(=O)c1ccn[nH]1. The van der Waals surface area contributed by atoms with Crippen molar-refractivity contribution < 1.29 is 9.22 Å². The van der Waals surface area contributed by atoms with Crippen molar-refractivity contribution in [3.8, 4) is 0 Å². The molecule has 0 saturated carbocycles. The minimum atomic E-state index is -1.77. The van der Waals surface area contributed by atoms with Gasteiger partial charge in [-0.25, -0.2) is 4.79 Å². The van der Waals surface area contributed by atoms with Crippen LogP contribution in [0.4, 0.5) is 0 Å². The molecule has 1 rings (SSSR count). The van der Waals surface area contributed by atoms with E-state index in [1.165, 1.54) is 6.20 Å². The van der Waals surface area contributed by atoms with Crippen LogP contribution in [-0.2, 0) is 4.43 Å². The fourth-order valence-electron chi connectivity index (χ4n) is 0.703. The van der Waals surface area contributed by atoms with Gasteiger partial charge in [-0.2, -0.15) is 5.10 Å². The Bertz CT molecular complexity index is 263. The molecule has 0 amide bonds. The fourth-order valence-corrected chi connectivity index (χ4v) is 1.37. The molecule has 66 valence electrons. The van der Waals surface area contributed by atoms with Gasteiger partial charge in [-0.1, -0.05) is 0 Å². The van der Waals surface area contributed by atoms with E-state index in [0.29, 0.717) is 5.69 Å². The molecule has 0 saturated heterocycles. The maximum Gasteiger partial charge on any atom is 0.343 e. The van der Waals surface area contributed by atoms with Gasteiger partial charge in [-0.3, -0.25) is 5.10 Å². The fraction of sp³-hybridized carbons (Fsp3) is 0.429. The molecule has 0 unspecified atom stereocenters. The van der Waals surface area contributed by atoms with E-state index in [1.807, 2.05) is 19.6 Å². The van der Waals surface area contributed by atoms with Crippen LogP contribution < -0.4 is 0 Å². The van der Waals surface area contributed by atoms with Gasteiger partial charge in [0, 0.05) is 6.20 Å². The molecule has 0 aromatic carbocycles.